The van der Waals surface area contributed by atoms with Gasteiger partial charge in [-0.15, -0.1) is 0 Å². The lowest BCUT2D eigenvalue weighted by Crippen LogP contribution is -2.46. The SMILES string of the molecule is CC(C)(C)NC(=O)OC1CC(Oc2nccnc2Cl)C1. The molecule has 1 aromatic heterocycles. The number of aromatic nitrogens is 2. The zero-order valence-corrected chi connectivity index (χ0v) is 12.5. The number of hydrogen-bond acceptors (Lipinski definition) is 5. The van der Waals surface area contributed by atoms with Crippen molar-refractivity contribution in [3.05, 3.63) is 17.5 Å². The second-order valence-electron chi connectivity index (χ2n) is 5.77. The summed E-state index contributed by atoms with van der Waals surface area (Å²) in [6.07, 6.45) is 3.70. The van der Waals surface area contributed by atoms with Crippen molar-refractivity contribution in [2.45, 2.75) is 51.4 Å². The highest BCUT2D eigenvalue weighted by atomic mass is 35.5. The van der Waals surface area contributed by atoms with Crippen LogP contribution in [0.2, 0.25) is 5.15 Å². The second-order valence-corrected chi connectivity index (χ2v) is 6.12. The Bertz CT molecular complexity index is 484. The number of halogens is 1. The summed E-state index contributed by atoms with van der Waals surface area (Å²) in [5.74, 6) is 0.316. The number of carbonyl (C=O) groups excluding carboxylic acids is 1. The maximum absolute atomic E-state index is 11.6. The Morgan fingerprint density at radius 1 is 1.30 bits per heavy atom. The number of hydrogen-bond donors (Lipinski definition) is 1. The van der Waals surface area contributed by atoms with Gasteiger partial charge in [-0.3, -0.25) is 0 Å². The van der Waals surface area contributed by atoms with E-state index in [1.807, 2.05) is 20.8 Å². The van der Waals surface area contributed by atoms with Crippen LogP contribution < -0.4 is 10.1 Å². The normalized spacial score (nSPS) is 21.8. The molecule has 1 aliphatic rings. The third kappa shape index (κ3) is 4.23. The molecule has 1 saturated carbocycles. The number of ether oxygens (including phenoxy) is 2. The third-order valence-corrected chi connectivity index (χ3v) is 2.96. The van der Waals surface area contributed by atoms with Gasteiger partial charge >= 0.3 is 6.09 Å². The van der Waals surface area contributed by atoms with Gasteiger partial charge < -0.3 is 14.8 Å². The number of nitrogens with one attached hydrogen (secondary N) is 1. The lowest BCUT2D eigenvalue weighted by atomic mass is 9.92. The van der Waals surface area contributed by atoms with Gasteiger partial charge in [-0.25, -0.2) is 14.8 Å². The monoisotopic (exact) mass is 299 g/mol. The van der Waals surface area contributed by atoms with Crippen molar-refractivity contribution in [3.63, 3.8) is 0 Å². The predicted molar refractivity (Wildman–Crippen MR) is 73.8 cm³/mol. The van der Waals surface area contributed by atoms with E-state index in [1.165, 1.54) is 12.4 Å². The van der Waals surface area contributed by atoms with Gasteiger partial charge in [0.1, 0.15) is 12.2 Å². The topological polar surface area (TPSA) is 73.3 Å². The van der Waals surface area contributed by atoms with Gasteiger partial charge in [0.15, 0.2) is 5.15 Å². The molecule has 2 rings (SSSR count). The smallest absolute Gasteiger partial charge is 0.407 e. The van der Waals surface area contributed by atoms with Crippen LogP contribution in [0.25, 0.3) is 0 Å². The van der Waals surface area contributed by atoms with Crippen molar-refractivity contribution < 1.29 is 14.3 Å². The largest absolute Gasteiger partial charge is 0.472 e. The molecule has 1 heterocycles. The molecule has 1 aromatic rings. The summed E-state index contributed by atoms with van der Waals surface area (Å²) in [7, 11) is 0. The fraction of sp³-hybridized carbons (Fsp3) is 0.615. The summed E-state index contributed by atoms with van der Waals surface area (Å²) in [5, 5.41) is 2.98. The molecular formula is C13H18ClN3O3. The molecule has 7 heteroatoms. The van der Waals surface area contributed by atoms with Gasteiger partial charge in [0, 0.05) is 30.8 Å². The van der Waals surface area contributed by atoms with E-state index in [0.29, 0.717) is 18.7 Å². The molecule has 20 heavy (non-hydrogen) atoms. The Morgan fingerprint density at radius 2 is 1.95 bits per heavy atom. The molecule has 0 saturated heterocycles. The van der Waals surface area contributed by atoms with E-state index in [2.05, 4.69) is 15.3 Å². The van der Waals surface area contributed by atoms with Crippen molar-refractivity contribution in [2.24, 2.45) is 0 Å². The first kappa shape index (κ1) is 14.8. The van der Waals surface area contributed by atoms with Crippen LogP contribution in [0.5, 0.6) is 5.88 Å². The van der Waals surface area contributed by atoms with Gasteiger partial charge in [0.25, 0.3) is 5.88 Å². The van der Waals surface area contributed by atoms with Gasteiger partial charge in [0.2, 0.25) is 0 Å². The van der Waals surface area contributed by atoms with Crippen molar-refractivity contribution in [1.29, 1.82) is 0 Å². The molecule has 0 atom stereocenters. The van der Waals surface area contributed by atoms with Crippen molar-refractivity contribution in [3.8, 4) is 5.88 Å². The minimum absolute atomic E-state index is 0.0448. The number of amides is 1. The Morgan fingerprint density at radius 3 is 2.55 bits per heavy atom. The fourth-order valence-electron chi connectivity index (χ4n) is 1.74. The molecule has 110 valence electrons. The van der Waals surface area contributed by atoms with Gasteiger partial charge in [-0.2, -0.15) is 0 Å². The van der Waals surface area contributed by atoms with Crippen LogP contribution in [0.3, 0.4) is 0 Å². The Balaban J connectivity index is 1.73. The summed E-state index contributed by atoms with van der Waals surface area (Å²) in [4.78, 5) is 19.4. The van der Waals surface area contributed by atoms with Crippen LogP contribution in [0, 0.1) is 0 Å². The van der Waals surface area contributed by atoms with E-state index in [4.69, 9.17) is 21.1 Å². The van der Waals surface area contributed by atoms with E-state index in [-0.39, 0.29) is 22.9 Å². The van der Waals surface area contributed by atoms with Crippen molar-refractivity contribution >= 4 is 17.7 Å². The molecule has 1 N–H and O–H groups in total. The molecule has 0 bridgehead atoms. The molecule has 6 nitrogen and oxygen atoms in total. The molecule has 0 radical (unpaired) electrons. The molecule has 1 fully saturated rings. The number of carbonyl (C=O) groups is 1. The zero-order chi connectivity index (χ0) is 14.8. The van der Waals surface area contributed by atoms with Crippen LogP contribution in [0.1, 0.15) is 33.6 Å². The zero-order valence-electron chi connectivity index (χ0n) is 11.7. The summed E-state index contributed by atoms with van der Waals surface area (Å²) in [6.45, 7) is 5.70. The van der Waals surface area contributed by atoms with Crippen LogP contribution >= 0.6 is 11.6 Å². The minimum atomic E-state index is -0.404. The Labute approximate surface area is 122 Å². The standard InChI is InChI=1S/C13H18ClN3O3/c1-13(2,3)17-12(18)20-9-6-8(7-9)19-11-10(14)15-4-5-16-11/h4-5,8-9H,6-7H2,1-3H3,(H,17,18). The highest BCUT2D eigenvalue weighted by Crippen LogP contribution is 2.29. The molecule has 0 unspecified atom stereocenters. The Kier molecular flexibility index (Phi) is 4.32. The maximum atomic E-state index is 11.6. The van der Waals surface area contributed by atoms with E-state index in [9.17, 15) is 4.79 Å². The lowest BCUT2D eigenvalue weighted by Gasteiger charge is -2.35. The average molecular weight is 300 g/mol. The fourth-order valence-corrected chi connectivity index (χ4v) is 1.89. The molecule has 0 spiro atoms. The molecule has 0 aliphatic heterocycles. The number of nitrogens with zero attached hydrogens (tertiary/aromatic N) is 2. The summed E-state index contributed by atoms with van der Waals surface area (Å²) < 4.78 is 10.8. The van der Waals surface area contributed by atoms with Crippen LogP contribution in [-0.4, -0.2) is 33.8 Å². The first-order chi connectivity index (χ1) is 9.33. The summed E-state index contributed by atoms with van der Waals surface area (Å²) in [6, 6.07) is 0. The van der Waals surface area contributed by atoms with Gasteiger partial charge in [-0.05, 0) is 20.8 Å². The summed E-state index contributed by atoms with van der Waals surface area (Å²) >= 11 is 5.85. The number of alkyl carbamates (subject to hydrolysis) is 1. The highest BCUT2D eigenvalue weighted by Gasteiger charge is 2.35. The third-order valence-electron chi connectivity index (χ3n) is 2.70. The predicted octanol–water partition coefficient (Wildman–Crippen LogP) is 2.56. The molecular weight excluding hydrogens is 282 g/mol. The van der Waals surface area contributed by atoms with Gasteiger partial charge in [-0.1, -0.05) is 11.6 Å². The van der Waals surface area contributed by atoms with E-state index < -0.39 is 6.09 Å². The molecule has 1 aliphatic carbocycles. The highest BCUT2D eigenvalue weighted by molar-refractivity contribution is 6.30. The van der Waals surface area contributed by atoms with Crippen LogP contribution in [0.4, 0.5) is 4.79 Å². The first-order valence-corrected chi connectivity index (χ1v) is 6.83. The lowest BCUT2D eigenvalue weighted by molar-refractivity contribution is -0.0260. The Hall–Kier alpha value is -1.56. The van der Waals surface area contributed by atoms with Crippen molar-refractivity contribution in [2.75, 3.05) is 0 Å². The molecule has 0 aromatic carbocycles. The van der Waals surface area contributed by atoms with E-state index in [1.54, 1.807) is 0 Å². The second kappa shape index (κ2) is 5.83. The average Bonchev–Trinajstić information content (AvgIpc) is 2.26. The molecule has 1 amide bonds. The van der Waals surface area contributed by atoms with E-state index in [0.717, 1.165) is 0 Å². The van der Waals surface area contributed by atoms with Gasteiger partial charge in [0.05, 0.1) is 0 Å². The first-order valence-electron chi connectivity index (χ1n) is 6.45. The quantitative estimate of drug-likeness (QED) is 0.928. The van der Waals surface area contributed by atoms with Crippen molar-refractivity contribution in [1.82, 2.24) is 15.3 Å². The minimum Gasteiger partial charge on any atom is -0.472 e. The number of rotatable bonds is 3. The van der Waals surface area contributed by atoms with Crippen LogP contribution in [0.15, 0.2) is 12.4 Å². The van der Waals surface area contributed by atoms with Crippen LogP contribution in [-0.2, 0) is 4.74 Å². The maximum Gasteiger partial charge on any atom is 0.407 e. The summed E-state index contributed by atoms with van der Waals surface area (Å²) in [5.41, 5.74) is -0.302. The van der Waals surface area contributed by atoms with E-state index >= 15 is 0 Å².